The number of para-hydroxylation sites is 1. The standard InChI is InChI=1S/C15H13BrClNO/c16-13-7-11(17)5-6-14(13)18-8-10-9-19-15-4-2-1-3-12(10)15/h1-7,10,18H,8-9H2. The summed E-state index contributed by atoms with van der Waals surface area (Å²) in [6.07, 6.45) is 0. The first-order chi connectivity index (χ1) is 9.24. The maximum absolute atomic E-state index is 5.93. The number of nitrogens with one attached hydrogen (secondary N) is 1. The minimum absolute atomic E-state index is 0.388. The number of halogens is 2. The van der Waals surface area contributed by atoms with Crippen molar-refractivity contribution < 1.29 is 4.74 Å². The van der Waals surface area contributed by atoms with Crippen LogP contribution in [0.5, 0.6) is 5.75 Å². The highest BCUT2D eigenvalue weighted by Crippen LogP contribution is 2.34. The van der Waals surface area contributed by atoms with E-state index < -0.39 is 0 Å². The molecule has 0 fully saturated rings. The smallest absolute Gasteiger partial charge is 0.122 e. The van der Waals surface area contributed by atoms with Gasteiger partial charge in [0.2, 0.25) is 0 Å². The second-order valence-corrected chi connectivity index (χ2v) is 5.84. The zero-order valence-electron chi connectivity index (χ0n) is 10.2. The van der Waals surface area contributed by atoms with E-state index in [0.717, 1.165) is 34.1 Å². The Morgan fingerprint density at radius 1 is 1.26 bits per heavy atom. The summed E-state index contributed by atoms with van der Waals surface area (Å²) in [4.78, 5) is 0. The molecule has 1 N–H and O–H groups in total. The van der Waals surface area contributed by atoms with Gasteiger partial charge in [-0.05, 0) is 40.2 Å². The molecular weight excluding hydrogens is 326 g/mol. The van der Waals surface area contributed by atoms with Gasteiger partial charge in [-0.2, -0.15) is 0 Å². The maximum Gasteiger partial charge on any atom is 0.122 e. The highest BCUT2D eigenvalue weighted by atomic mass is 79.9. The molecule has 0 saturated carbocycles. The van der Waals surface area contributed by atoms with Gasteiger partial charge < -0.3 is 10.1 Å². The lowest BCUT2D eigenvalue weighted by Gasteiger charge is -2.13. The average molecular weight is 339 g/mol. The van der Waals surface area contributed by atoms with Crippen molar-refractivity contribution in [2.24, 2.45) is 0 Å². The van der Waals surface area contributed by atoms with Crippen LogP contribution in [0.2, 0.25) is 5.02 Å². The summed E-state index contributed by atoms with van der Waals surface area (Å²) in [5.74, 6) is 1.39. The van der Waals surface area contributed by atoms with Crippen LogP contribution in [0.15, 0.2) is 46.9 Å². The van der Waals surface area contributed by atoms with Crippen molar-refractivity contribution >= 4 is 33.2 Å². The van der Waals surface area contributed by atoms with Gasteiger partial charge in [0, 0.05) is 33.2 Å². The van der Waals surface area contributed by atoms with Crippen LogP contribution < -0.4 is 10.1 Å². The van der Waals surface area contributed by atoms with Crippen molar-refractivity contribution in [1.82, 2.24) is 0 Å². The van der Waals surface area contributed by atoms with Gasteiger partial charge in [0.1, 0.15) is 5.75 Å². The summed E-state index contributed by atoms with van der Waals surface area (Å²) in [5, 5.41) is 4.17. The third-order valence-corrected chi connectivity index (χ3v) is 4.16. The fourth-order valence-electron chi connectivity index (χ4n) is 2.26. The van der Waals surface area contributed by atoms with Crippen molar-refractivity contribution in [1.29, 1.82) is 0 Å². The minimum atomic E-state index is 0.388. The molecule has 19 heavy (non-hydrogen) atoms. The van der Waals surface area contributed by atoms with E-state index in [-0.39, 0.29) is 0 Å². The topological polar surface area (TPSA) is 21.3 Å². The molecule has 2 aromatic carbocycles. The van der Waals surface area contributed by atoms with Crippen LogP contribution in [0.3, 0.4) is 0 Å². The van der Waals surface area contributed by atoms with Gasteiger partial charge in [0.15, 0.2) is 0 Å². The van der Waals surface area contributed by atoms with Crippen LogP contribution >= 0.6 is 27.5 Å². The maximum atomic E-state index is 5.93. The fraction of sp³-hybridized carbons (Fsp3) is 0.200. The molecule has 4 heteroatoms. The van der Waals surface area contributed by atoms with Gasteiger partial charge in [-0.25, -0.2) is 0 Å². The Bertz CT molecular complexity index is 602. The van der Waals surface area contributed by atoms with Crippen LogP contribution in [0, 0.1) is 0 Å². The molecule has 1 heterocycles. The van der Waals surface area contributed by atoms with Crippen molar-refractivity contribution in [3.8, 4) is 5.75 Å². The predicted molar refractivity (Wildman–Crippen MR) is 82.3 cm³/mol. The number of hydrogen-bond donors (Lipinski definition) is 1. The molecule has 1 aliphatic rings. The lowest BCUT2D eigenvalue weighted by atomic mass is 10.0. The van der Waals surface area contributed by atoms with Crippen LogP contribution in [0.1, 0.15) is 11.5 Å². The molecule has 3 rings (SSSR count). The number of hydrogen-bond acceptors (Lipinski definition) is 2. The quantitative estimate of drug-likeness (QED) is 0.876. The molecule has 0 spiro atoms. The minimum Gasteiger partial charge on any atom is -0.493 e. The third kappa shape index (κ3) is 2.72. The zero-order valence-corrected chi connectivity index (χ0v) is 12.5. The van der Waals surface area contributed by atoms with Crippen molar-refractivity contribution in [2.75, 3.05) is 18.5 Å². The normalized spacial score (nSPS) is 16.8. The molecule has 0 saturated heterocycles. The van der Waals surface area contributed by atoms with E-state index in [4.69, 9.17) is 16.3 Å². The molecule has 1 atom stereocenters. The summed E-state index contributed by atoms with van der Waals surface area (Å²) in [5.41, 5.74) is 2.33. The highest BCUT2D eigenvalue weighted by molar-refractivity contribution is 9.10. The van der Waals surface area contributed by atoms with E-state index in [2.05, 4.69) is 33.4 Å². The van der Waals surface area contributed by atoms with E-state index in [0.29, 0.717) is 5.92 Å². The monoisotopic (exact) mass is 337 g/mol. The van der Waals surface area contributed by atoms with Gasteiger partial charge in [-0.3, -0.25) is 0 Å². The largest absolute Gasteiger partial charge is 0.493 e. The average Bonchev–Trinajstić information content (AvgIpc) is 2.81. The van der Waals surface area contributed by atoms with E-state index in [1.807, 2.05) is 30.3 Å². The van der Waals surface area contributed by atoms with E-state index in [1.54, 1.807) is 0 Å². The van der Waals surface area contributed by atoms with E-state index in [1.165, 1.54) is 5.56 Å². The third-order valence-electron chi connectivity index (χ3n) is 3.27. The second kappa shape index (κ2) is 5.43. The van der Waals surface area contributed by atoms with Gasteiger partial charge in [0.25, 0.3) is 0 Å². The number of benzene rings is 2. The number of ether oxygens (including phenoxy) is 1. The molecule has 0 amide bonds. The molecule has 2 nitrogen and oxygen atoms in total. The summed E-state index contributed by atoms with van der Waals surface area (Å²) in [6.45, 7) is 1.58. The van der Waals surface area contributed by atoms with Gasteiger partial charge >= 0.3 is 0 Å². The van der Waals surface area contributed by atoms with Gasteiger partial charge in [-0.15, -0.1) is 0 Å². The van der Waals surface area contributed by atoms with Crippen molar-refractivity contribution in [2.45, 2.75) is 5.92 Å². The van der Waals surface area contributed by atoms with E-state index in [9.17, 15) is 0 Å². The second-order valence-electron chi connectivity index (χ2n) is 4.55. The van der Waals surface area contributed by atoms with Gasteiger partial charge in [-0.1, -0.05) is 29.8 Å². The first-order valence-corrected chi connectivity index (χ1v) is 7.32. The molecular formula is C15H13BrClNO. The summed E-state index contributed by atoms with van der Waals surface area (Å²) in [7, 11) is 0. The number of anilines is 1. The molecule has 2 aromatic rings. The number of rotatable bonds is 3. The van der Waals surface area contributed by atoms with Crippen LogP contribution in [0.4, 0.5) is 5.69 Å². The first kappa shape index (κ1) is 12.8. The predicted octanol–water partition coefficient (Wildman–Crippen LogP) is 4.69. The Morgan fingerprint density at radius 3 is 2.95 bits per heavy atom. The summed E-state index contributed by atoms with van der Waals surface area (Å²) in [6, 6.07) is 14.0. The van der Waals surface area contributed by atoms with Crippen molar-refractivity contribution in [3.05, 3.63) is 57.5 Å². The van der Waals surface area contributed by atoms with Crippen LogP contribution in [-0.4, -0.2) is 13.2 Å². The molecule has 0 radical (unpaired) electrons. The summed E-state index contributed by atoms with van der Waals surface area (Å²) >= 11 is 9.44. The van der Waals surface area contributed by atoms with Crippen LogP contribution in [-0.2, 0) is 0 Å². The summed E-state index contributed by atoms with van der Waals surface area (Å²) < 4.78 is 6.65. The SMILES string of the molecule is Clc1ccc(NCC2COc3ccccc32)c(Br)c1. The Morgan fingerprint density at radius 2 is 2.11 bits per heavy atom. The Kier molecular flexibility index (Phi) is 3.67. The lowest BCUT2D eigenvalue weighted by molar-refractivity contribution is 0.334. The number of fused-ring (bicyclic) bond motifs is 1. The Balaban J connectivity index is 1.71. The van der Waals surface area contributed by atoms with E-state index >= 15 is 0 Å². The van der Waals surface area contributed by atoms with Gasteiger partial charge in [0.05, 0.1) is 6.61 Å². The Hall–Kier alpha value is -1.19. The molecule has 0 aliphatic carbocycles. The zero-order chi connectivity index (χ0) is 13.2. The van der Waals surface area contributed by atoms with Crippen LogP contribution in [0.25, 0.3) is 0 Å². The highest BCUT2D eigenvalue weighted by Gasteiger charge is 2.23. The molecule has 98 valence electrons. The molecule has 0 bridgehead atoms. The molecule has 1 unspecified atom stereocenters. The molecule has 1 aliphatic heterocycles. The fourth-order valence-corrected chi connectivity index (χ4v) is 3.09. The lowest BCUT2D eigenvalue weighted by Crippen LogP contribution is -2.14. The Labute approximate surface area is 125 Å². The first-order valence-electron chi connectivity index (χ1n) is 6.14. The van der Waals surface area contributed by atoms with Crippen molar-refractivity contribution in [3.63, 3.8) is 0 Å². The molecule has 0 aromatic heterocycles.